The lowest BCUT2D eigenvalue weighted by molar-refractivity contribution is -0.141. The van der Waals surface area contributed by atoms with Gasteiger partial charge in [0, 0.05) is 25.4 Å². The minimum absolute atomic E-state index is 0.0502. The highest BCUT2D eigenvalue weighted by atomic mass is 35.5. The molecule has 0 spiro atoms. The summed E-state index contributed by atoms with van der Waals surface area (Å²) < 4.78 is 66.5. The molecule has 0 aromatic carbocycles. The summed E-state index contributed by atoms with van der Waals surface area (Å²) in [6.45, 7) is -1.20. The van der Waals surface area contributed by atoms with Crippen molar-refractivity contribution >= 4 is 33.7 Å². The second kappa shape index (κ2) is 6.66. The molecule has 2 aromatic heterocycles. The minimum Gasteiger partial charge on any atom is -0.389 e. The molecule has 0 saturated carbocycles. The van der Waals surface area contributed by atoms with Gasteiger partial charge in [0.15, 0.2) is 11.5 Å². The van der Waals surface area contributed by atoms with Crippen LogP contribution in [0.1, 0.15) is 22.8 Å². The number of Topliss-reactive ketones (excluding diaryl/α,β-unsaturated/α-hetero) is 1. The molecular formula is C13H12ClF5N4O2S. The van der Waals surface area contributed by atoms with Crippen molar-refractivity contribution in [2.24, 2.45) is 5.92 Å². The average molecular weight is 419 g/mol. The normalized spacial score (nSPS) is 19.8. The van der Waals surface area contributed by atoms with E-state index in [9.17, 15) is 26.7 Å². The van der Waals surface area contributed by atoms with Gasteiger partial charge in [0.1, 0.15) is 5.01 Å². The molecule has 0 amide bonds. The number of halogens is 6. The van der Waals surface area contributed by atoms with Crippen molar-refractivity contribution in [3.05, 3.63) is 16.4 Å². The predicted molar refractivity (Wildman–Crippen MR) is 81.0 cm³/mol. The van der Waals surface area contributed by atoms with E-state index in [4.69, 9.17) is 16.7 Å². The Balaban J connectivity index is 1.88. The van der Waals surface area contributed by atoms with E-state index in [0.29, 0.717) is 0 Å². The Morgan fingerprint density at radius 2 is 2.00 bits per heavy atom. The minimum atomic E-state index is -4.74. The number of aliphatic hydroxyl groups excluding tert-OH is 1. The topological polar surface area (TPSA) is 70.7 Å². The fourth-order valence-electron chi connectivity index (χ4n) is 2.88. The third-order valence-corrected chi connectivity index (χ3v) is 4.95. The number of aliphatic hydroxyl groups is 1. The number of carbonyl (C=O) groups is 1. The Morgan fingerprint density at radius 3 is 2.58 bits per heavy atom. The number of imidazole rings is 1. The molecule has 1 aliphatic rings. The number of hydrogen-bond acceptors (Lipinski definition) is 6. The zero-order valence-corrected chi connectivity index (χ0v) is 14.5. The molecule has 13 heteroatoms. The molecular weight excluding hydrogens is 407 g/mol. The highest BCUT2D eigenvalue weighted by Gasteiger charge is 2.42. The smallest absolute Gasteiger partial charge is 0.389 e. The van der Waals surface area contributed by atoms with Gasteiger partial charge >= 0.3 is 11.6 Å². The maximum absolute atomic E-state index is 13.2. The van der Waals surface area contributed by atoms with Gasteiger partial charge in [0.05, 0.1) is 18.8 Å². The van der Waals surface area contributed by atoms with Crippen LogP contribution in [0.15, 0.2) is 0 Å². The summed E-state index contributed by atoms with van der Waals surface area (Å²) in [4.78, 5) is 16.7. The van der Waals surface area contributed by atoms with Gasteiger partial charge in [-0.25, -0.2) is 9.50 Å². The number of alkyl halides is 6. The average Bonchev–Trinajstić information content (AvgIpc) is 3.12. The maximum atomic E-state index is 13.2. The first kappa shape index (κ1) is 19.4. The van der Waals surface area contributed by atoms with Crippen LogP contribution < -0.4 is 0 Å². The monoisotopic (exact) mass is 418 g/mol. The summed E-state index contributed by atoms with van der Waals surface area (Å²) >= 11 is 5.66. The van der Waals surface area contributed by atoms with Crippen molar-refractivity contribution in [1.82, 2.24) is 19.5 Å². The number of aromatic nitrogens is 3. The molecule has 1 N–H and O–H groups in total. The third kappa shape index (κ3) is 3.97. The Hall–Kier alpha value is -1.37. The van der Waals surface area contributed by atoms with Crippen molar-refractivity contribution < 1.29 is 31.9 Å². The number of likely N-dealkylation sites (tertiary alicyclic amines) is 1. The summed E-state index contributed by atoms with van der Waals surface area (Å²) in [6, 6.07) is 0. The van der Waals surface area contributed by atoms with Crippen LogP contribution in [-0.2, 0) is 24.1 Å². The third-order valence-electron chi connectivity index (χ3n) is 3.91. The standard InChI is InChI=1S/C13H12ClF5N4O2S/c14-12(15,16)1-6-2-22(4-8(6)25)3-7-10(13(17,18)19)20-11-23(7)21-9(5-24)26-11/h6,24H,1-5H2/t6-/m1/s1. The lowest BCUT2D eigenvalue weighted by Gasteiger charge is -2.16. The largest absolute Gasteiger partial charge is 0.435 e. The molecule has 0 aliphatic carbocycles. The SMILES string of the molecule is O=C1CN(Cc2c(C(F)(F)F)nc3sc(CO)nn23)C[C@H]1CC(F)(F)Cl. The predicted octanol–water partition coefficient (Wildman–Crippen LogP) is 2.52. The number of rotatable bonds is 5. The summed E-state index contributed by atoms with van der Waals surface area (Å²) in [5.74, 6) is -1.56. The van der Waals surface area contributed by atoms with Gasteiger partial charge in [-0.3, -0.25) is 9.69 Å². The summed E-state index contributed by atoms with van der Waals surface area (Å²) in [5, 5.41) is 9.59. The zero-order chi connectivity index (χ0) is 19.3. The van der Waals surface area contributed by atoms with Crippen LogP contribution in [0.4, 0.5) is 22.0 Å². The van der Waals surface area contributed by atoms with Crippen LogP contribution >= 0.6 is 22.9 Å². The highest BCUT2D eigenvalue weighted by molar-refractivity contribution is 7.16. The van der Waals surface area contributed by atoms with Gasteiger partial charge in [0.2, 0.25) is 4.96 Å². The first-order valence-corrected chi connectivity index (χ1v) is 8.54. The van der Waals surface area contributed by atoms with Crippen molar-refractivity contribution in [2.45, 2.75) is 31.1 Å². The maximum Gasteiger partial charge on any atom is 0.435 e. The molecule has 3 rings (SSSR count). The van der Waals surface area contributed by atoms with E-state index < -0.39 is 42.0 Å². The van der Waals surface area contributed by atoms with Crippen molar-refractivity contribution in [1.29, 1.82) is 0 Å². The van der Waals surface area contributed by atoms with Gasteiger partial charge in [-0.15, -0.1) is 0 Å². The molecule has 26 heavy (non-hydrogen) atoms. The van der Waals surface area contributed by atoms with Gasteiger partial charge in [-0.05, 0) is 11.6 Å². The molecule has 0 radical (unpaired) electrons. The number of hydrogen-bond donors (Lipinski definition) is 1. The molecule has 0 bridgehead atoms. The van der Waals surface area contributed by atoms with Crippen LogP contribution in [0.5, 0.6) is 0 Å². The Morgan fingerprint density at radius 1 is 1.31 bits per heavy atom. The second-order valence-electron chi connectivity index (χ2n) is 5.91. The van der Waals surface area contributed by atoms with Crippen LogP contribution in [0.25, 0.3) is 4.96 Å². The van der Waals surface area contributed by atoms with Crippen LogP contribution in [0, 0.1) is 5.92 Å². The van der Waals surface area contributed by atoms with Crippen molar-refractivity contribution in [2.75, 3.05) is 13.1 Å². The molecule has 0 unspecified atom stereocenters. The summed E-state index contributed by atoms with van der Waals surface area (Å²) in [5.41, 5.74) is -1.46. The van der Waals surface area contributed by atoms with Gasteiger partial charge < -0.3 is 5.11 Å². The first-order valence-electron chi connectivity index (χ1n) is 7.35. The fraction of sp³-hybridized carbons (Fsp3) is 0.615. The molecule has 1 fully saturated rings. The molecule has 144 valence electrons. The first-order chi connectivity index (χ1) is 12.0. The van der Waals surface area contributed by atoms with Gasteiger partial charge in [0.25, 0.3) is 0 Å². The molecule has 2 aromatic rings. The second-order valence-corrected chi connectivity index (χ2v) is 7.50. The summed E-state index contributed by atoms with van der Waals surface area (Å²) in [6.07, 6.45) is -5.61. The van der Waals surface area contributed by atoms with E-state index in [1.807, 2.05) is 0 Å². The Labute approximate surface area is 152 Å². The molecule has 6 nitrogen and oxygen atoms in total. The van der Waals surface area contributed by atoms with Crippen molar-refractivity contribution in [3.8, 4) is 0 Å². The van der Waals surface area contributed by atoms with E-state index in [-0.39, 0.29) is 35.3 Å². The van der Waals surface area contributed by atoms with Crippen molar-refractivity contribution in [3.63, 3.8) is 0 Å². The van der Waals surface area contributed by atoms with E-state index in [2.05, 4.69) is 10.1 Å². The van der Waals surface area contributed by atoms with Crippen LogP contribution in [0.3, 0.4) is 0 Å². The molecule has 1 aliphatic heterocycles. The molecule has 3 heterocycles. The lowest BCUT2D eigenvalue weighted by atomic mass is 10.0. The molecule has 1 atom stereocenters. The Kier molecular flexibility index (Phi) is 4.97. The Bertz CT molecular complexity index is 831. The lowest BCUT2D eigenvalue weighted by Crippen LogP contribution is -2.24. The van der Waals surface area contributed by atoms with E-state index in [1.165, 1.54) is 4.90 Å². The zero-order valence-electron chi connectivity index (χ0n) is 12.9. The van der Waals surface area contributed by atoms with Crippen LogP contribution in [-0.4, -0.2) is 48.9 Å². The van der Waals surface area contributed by atoms with Gasteiger partial charge in [-0.2, -0.15) is 27.1 Å². The number of ketones is 1. The fourth-order valence-corrected chi connectivity index (χ4v) is 3.84. The quantitative estimate of drug-likeness (QED) is 0.597. The van der Waals surface area contributed by atoms with Gasteiger partial charge in [-0.1, -0.05) is 11.3 Å². The summed E-state index contributed by atoms with van der Waals surface area (Å²) in [7, 11) is 0. The number of fused-ring (bicyclic) bond motifs is 1. The van der Waals surface area contributed by atoms with Crippen LogP contribution in [0.2, 0.25) is 0 Å². The van der Waals surface area contributed by atoms with E-state index in [1.54, 1.807) is 0 Å². The number of nitrogens with zero attached hydrogens (tertiary/aromatic N) is 4. The van der Waals surface area contributed by atoms with E-state index >= 15 is 0 Å². The molecule has 1 saturated heterocycles. The number of carbonyl (C=O) groups excluding carboxylic acids is 1. The highest BCUT2D eigenvalue weighted by Crippen LogP contribution is 2.35. The van der Waals surface area contributed by atoms with E-state index in [0.717, 1.165) is 15.9 Å².